The number of nitrogens with zero attached hydrogens (tertiary/aromatic N) is 2. The van der Waals surface area contributed by atoms with Crippen molar-refractivity contribution in [2.24, 2.45) is 9.98 Å². The van der Waals surface area contributed by atoms with E-state index in [1.54, 1.807) is 30.3 Å². The van der Waals surface area contributed by atoms with Gasteiger partial charge >= 0.3 is 19.5 Å². The fourth-order valence-corrected chi connectivity index (χ4v) is 5.85. The summed E-state index contributed by atoms with van der Waals surface area (Å²) in [5.74, 6) is 0. The van der Waals surface area contributed by atoms with Crippen molar-refractivity contribution in [1.29, 1.82) is 0 Å². The second-order valence-electron chi connectivity index (χ2n) is 10.00. The topological polar surface area (TPSA) is 65.2 Å². The van der Waals surface area contributed by atoms with Crippen LogP contribution in [0, 0.1) is 3.57 Å². The molecule has 4 aromatic rings. The van der Waals surface area contributed by atoms with Crippen molar-refractivity contribution in [3.63, 3.8) is 0 Å². The number of alkyl halides is 6. The van der Waals surface area contributed by atoms with E-state index in [4.69, 9.17) is 79.7 Å². The van der Waals surface area contributed by atoms with Gasteiger partial charge in [-0.3, -0.25) is 0 Å². The average molecular weight is 901 g/mol. The highest BCUT2D eigenvalue weighted by molar-refractivity contribution is 14.1. The van der Waals surface area contributed by atoms with Gasteiger partial charge in [-0.2, -0.15) is 26.3 Å². The van der Waals surface area contributed by atoms with E-state index >= 15 is 0 Å². The molecule has 0 aliphatic carbocycles. The molecular weight excluding hydrogens is 885 g/mol. The Labute approximate surface area is 313 Å². The predicted octanol–water partition coefficient (Wildman–Crippen LogP) is 11.3. The highest BCUT2D eigenvalue weighted by Crippen LogP contribution is 2.41. The molecule has 0 bridgehead atoms. The predicted molar refractivity (Wildman–Crippen MR) is 191 cm³/mol. The molecule has 0 amide bonds. The first-order valence-electron chi connectivity index (χ1n) is 13.1. The lowest BCUT2D eigenvalue weighted by Crippen LogP contribution is -2.29. The van der Waals surface area contributed by atoms with Gasteiger partial charge in [0.2, 0.25) is 0 Å². The lowest BCUT2D eigenvalue weighted by molar-refractivity contribution is -0.0605. The first-order chi connectivity index (χ1) is 22.2. The third-order valence-electron chi connectivity index (χ3n) is 6.64. The molecule has 0 fully saturated rings. The summed E-state index contributed by atoms with van der Waals surface area (Å²) in [4.78, 5) is 7.14. The molecule has 2 N–H and O–H groups in total. The molecule has 2 heterocycles. The Bertz CT molecular complexity index is 1940. The second-order valence-corrected chi connectivity index (χ2v) is 13.6. The summed E-state index contributed by atoms with van der Waals surface area (Å²) in [6.07, 6.45) is -9.21. The van der Waals surface area contributed by atoms with Gasteiger partial charge in [0.05, 0.1) is 41.5 Å². The van der Waals surface area contributed by atoms with Crippen LogP contribution in [0.2, 0.25) is 30.1 Å². The van der Waals surface area contributed by atoms with Crippen molar-refractivity contribution in [1.82, 2.24) is 0 Å². The molecule has 18 heteroatoms. The number of rotatable bonds is 2. The van der Waals surface area contributed by atoms with Crippen LogP contribution in [-0.2, 0) is 12.8 Å². The zero-order valence-electron chi connectivity index (χ0n) is 23.5. The van der Waals surface area contributed by atoms with Crippen molar-refractivity contribution >= 4 is 128 Å². The van der Waals surface area contributed by atoms with Gasteiger partial charge in [-0.15, -0.1) is 0 Å². The number of aliphatic imine (C=N–C) groups is 2. The smallest absolute Gasteiger partial charge is 0.423 e. The first kappa shape index (κ1) is 39.0. The summed E-state index contributed by atoms with van der Waals surface area (Å²) in [5, 5.41) is 19.6. The van der Waals surface area contributed by atoms with Crippen LogP contribution in [0.3, 0.4) is 0 Å². The normalized spacial score (nSPS) is 13.4. The molecule has 0 aromatic heterocycles. The zero-order chi connectivity index (χ0) is 35.7. The van der Waals surface area contributed by atoms with Crippen molar-refractivity contribution in [2.75, 3.05) is 0 Å². The molecule has 4 nitrogen and oxygen atoms in total. The Morgan fingerprint density at radius 2 is 1.06 bits per heavy atom. The summed E-state index contributed by atoms with van der Waals surface area (Å²) < 4.78 is 76.1. The Kier molecular flexibility index (Phi) is 12.7. The third-order valence-corrected chi connectivity index (χ3v) is 9.96. The first-order valence-corrected chi connectivity index (χ1v) is 16.5. The molecule has 48 heavy (non-hydrogen) atoms. The molecule has 252 valence electrons. The van der Waals surface area contributed by atoms with Crippen LogP contribution in [0.1, 0.15) is 11.1 Å². The quantitative estimate of drug-likeness (QED) is 0.120. The molecule has 0 radical (unpaired) electrons. The number of fused-ring (bicyclic) bond motifs is 2. The maximum Gasteiger partial charge on any atom is 0.488 e. The summed E-state index contributed by atoms with van der Waals surface area (Å²) in [5.41, 5.74) is 1.68. The molecule has 0 saturated heterocycles. The van der Waals surface area contributed by atoms with Crippen LogP contribution in [0.4, 0.5) is 37.7 Å². The minimum Gasteiger partial charge on any atom is -0.423 e. The largest absolute Gasteiger partial charge is 0.488 e. The molecule has 2 aliphatic rings. The van der Waals surface area contributed by atoms with Crippen molar-refractivity contribution in [3.8, 4) is 11.1 Å². The molecule has 0 atom stereocenters. The monoisotopic (exact) mass is 898 g/mol. The standard InChI is InChI=1S/C15H7Cl3F3N.C9H4ClF3IN.C6H5BCl2O2/c16-10-2-1-7(4-12(10)18)9-3-8-5-14(15(19,20)21)22-13(8)6-11(9)17;10-5-3-7-4(1-6(5)14)2-8(15-7)9(11,12)13;8-5-2-1-4(7(10)11)3-6(5)9/h1-4,6H,5H2;1,3H,2H2;1-3,10-11H. The van der Waals surface area contributed by atoms with E-state index in [1.807, 2.05) is 22.6 Å². The van der Waals surface area contributed by atoms with Crippen molar-refractivity contribution < 1.29 is 36.4 Å². The Balaban J connectivity index is 0.000000174. The Hall–Kier alpha value is -1.75. The van der Waals surface area contributed by atoms with E-state index < -0.39 is 30.9 Å². The number of hydrogen-bond acceptors (Lipinski definition) is 4. The fraction of sp³-hybridized carbons (Fsp3) is 0.133. The fourth-order valence-electron chi connectivity index (χ4n) is 4.29. The number of halogens is 13. The SMILES string of the molecule is FC(F)(F)C1=Nc2cc(Cl)c(-c3ccc(Cl)c(Cl)c3)cc2C1.FC(F)(F)C1=Nc2cc(Cl)c(I)cc2C1.OB(O)c1ccc(Cl)c(Cl)c1. The molecule has 4 aromatic carbocycles. The molecule has 0 saturated carbocycles. The van der Waals surface area contributed by atoms with Crippen LogP contribution in [0.5, 0.6) is 0 Å². The van der Waals surface area contributed by atoms with Gasteiger partial charge < -0.3 is 10.0 Å². The highest BCUT2D eigenvalue weighted by Gasteiger charge is 2.39. The van der Waals surface area contributed by atoms with Crippen LogP contribution in [0.15, 0.2) is 70.6 Å². The van der Waals surface area contributed by atoms with Crippen LogP contribution < -0.4 is 5.46 Å². The van der Waals surface area contributed by atoms with E-state index in [-0.39, 0.29) is 18.5 Å². The van der Waals surface area contributed by atoms with Crippen molar-refractivity contribution in [2.45, 2.75) is 25.2 Å². The minimum atomic E-state index is -4.44. The van der Waals surface area contributed by atoms with E-state index in [2.05, 4.69) is 9.98 Å². The number of hydrogen-bond donors (Lipinski definition) is 2. The van der Waals surface area contributed by atoms with Gasteiger partial charge in [-0.25, -0.2) is 9.98 Å². The molecular formula is C30H16BCl6F6IN2O2. The summed E-state index contributed by atoms with van der Waals surface area (Å²) >= 11 is 37.0. The average Bonchev–Trinajstić information content (AvgIpc) is 3.60. The van der Waals surface area contributed by atoms with Gasteiger partial charge in [-0.05, 0) is 93.3 Å². The maximum atomic E-state index is 12.8. The van der Waals surface area contributed by atoms with Gasteiger partial charge in [0, 0.05) is 22.0 Å². The van der Waals surface area contributed by atoms with Gasteiger partial charge in [0.1, 0.15) is 11.4 Å². The van der Waals surface area contributed by atoms with E-state index in [0.717, 1.165) is 3.57 Å². The molecule has 0 unspecified atom stereocenters. The number of benzene rings is 4. The van der Waals surface area contributed by atoms with Gasteiger partial charge in [0.15, 0.2) is 0 Å². The minimum absolute atomic E-state index is 0.161. The lowest BCUT2D eigenvalue weighted by Gasteiger charge is -2.09. The lowest BCUT2D eigenvalue weighted by atomic mass is 9.80. The van der Waals surface area contributed by atoms with Gasteiger partial charge in [0.25, 0.3) is 0 Å². The van der Waals surface area contributed by atoms with E-state index in [9.17, 15) is 26.3 Å². The summed E-state index contributed by atoms with van der Waals surface area (Å²) in [6, 6.07) is 15.5. The van der Waals surface area contributed by atoms with Gasteiger partial charge in [-0.1, -0.05) is 81.7 Å². The van der Waals surface area contributed by atoms with E-state index in [1.165, 1.54) is 30.3 Å². The summed E-state index contributed by atoms with van der Waals surface area (Å²) in [7, 11) is -1.50. The third kappa shape index (κ3) is 9.73. The molecule has 2 aliphatic heterocycles. The van der Waals surface area contributed by atoms with Crippen molar-refractivity contribution in [3.05, 3.63) is 105 Å². The summed E-state index contributed by atoms with van der Waals surface area (Å²) in [6.45, 7) is 0. The zero-order valence-corrected chi connectivity index (χ0v) is 30.2. The molecule has 0 spiro atoms. The van der Waals surface area contributed by atoms with Crippen LogP contribution in [-0.4, -0.2) is 40.9 Å². The van der Waals surface area contributed by atoms with E-state index in [0.29, 0.717) is 63.5 Å². The van der Waals surface area contributed by atoms with Crippen LogP contribution >= 0.6 is 92.2 Å². The maximum absolute atomic E-state index is 12.8. The van der Waals surface area contributed by atoms with Crippen LogP contribution in [0.25, 0.3) is 11.1 Å². The second kappa shape index (κ2) is 15.7. The Morgan fingerprint density at radius 3 is 1.54 bits per heavy atom. The molecule has 6 rings (SSSR count). The highest BCUT2D eigenvalue weighted by atomic mass is 127. The Morgan fingerprint density at radius 1 is 0.583 bits per heavy atom.